The summed E-state index contributed by atoms with van der Waals surface area (Å²) in [7, 11) is 1.64. The highest BCUT2D eigenvalue weighted by Crippen LogP contribution is 2.25. The van der Waals surface area contributed by atoms with Gasteiger partial charge in [0.05, 0.1) is 29.9 Å². The Morgan fingerprint density at radius 2 is 1.93 bits per heavy atom. The maximum absolute atomic E-state index is 6.31. The zero-order valence-electron chi connectivity index (χ0n) is 14.7. The number of hydrazine groups is 2. The monoisotopic (exact) mass is 434 g/mol. The van der Waals surface area contributed by atoms with Gasteiger partial charge in [0.1, 0.15) is 10.4 Å². The van der Waals surface area contributed by atoms with Crippen molar-refractivity contribution in [1.29, 1.82) is 0 Å². The van der Waals surface area contributed by atoms with Crippen molar-refractivity contribution in [2.24, 2.45) is 5.10 Å². The van der Waals surface area contributed by atoms with Gasteiger partial charge in [0.2, 0.25) is 0 Å². The van der Waals surface area contributed by atoms with E-state index < -0.39 is 0 Å². The molecule has 0 bridgehead atoms. The number of nitrogens with zero attached hydrogens (tertiary/aromatic N) is 3. The Bertz CT molecular complexity index is 1090. The van der Waals surface area contributed by atoms with Crippen molar-refractivity contribution in [3.63, 3.8) is 0 Å². The summed E-state index contributed by atoms with van der Waals surface area (Å²) < 4.78 is 7.44. The largest absolute Gasteiger partial charge is 0.497 e. The molecule has 2 heterocycles. The highest BCUT2D eigenvalue weighted by molar-refractivity contribution is 7.71. The zero-order valence-corrected chi connectivity index (χ0v) is 17.1. The minimum Gasteiger partial charge on any atom is -0.497 e. The van der Waals surface area contributed by atoms with E-state index in [1.54, 1.807) is 36.2 Å². The fourth-order valence-corrected chi connectivity index (χ4v) is 3.52. The third-order valence-electron chi connectivity index (χ3n) is 4.26. The number of methoxy groups -OCH3 is 1. The molecule has 0 radical (unpaired) electrons. The van der Waals surface area contributed by atoms with Gasteiger partial charge in [0.25, 0.3) is 0 Å². The molecule has 144 valence electrons. The van der Waals surface area contributed by atoms with Crippen molar-refractivity contribution >= 4 is 41.3 Å². The lowest BCUT2D eigenvalue weighted by Crippen LogP contribution is -2.40. The number of aromatic amines is 1. The molecule has 0 unspecified atom stereocenters. The fraction of sp³-hybridized carbons (Fsp3) is 0.111. The van der Waals surface area contributed by atoms with Gasteiger partial charge in [-0.1, -0.05) is 47.6 Å². The molecule has 3 aromatic rings. The number of H-pyrrole nitrogens is 1. The Kier molecular flexibility index (Phi) is 5.27. The molecular formula is C18H16Cl2N6OS. The second-order valence-corrected chi connectivity index (χ2v) is 7.25. The predicted molar refractivity (Wildman–Crippen MR) is 112 cm³/mol. The molecule has 4 rings (SSSR count). The first-order chi connectivity index (χ1) is 13.6. The molecule has 1 aromatic heterocycles. The molecule has 1 aliphatic rings. The van der Waals surface area contributed by atoms with Gasteiger partial charge in [-0.3, -0.25) is 10.1 Å². The highest BCUT2D eigenvalue weighted by atomic mass is 35.5. The Morgan fingerprint density at radius 1 is 1.14 bits per heavy atom. The van der Waals surface area contributed by atoms with Crippen molar-refractivity contribution in [2.75, 3.05) is 7.11 Å². The van der Waals surface area contributed by atoms with Crippen molar-refractivity contribution in [2.45, 2.75) is 6.54 Å². The summed E-state index contributed by atoms with van der Waals surface area (Å²) in [5.41, 5.74) is 8.29. The van der Waals surface area contributed by atoms with Crippen LogP contribution in [0.2, 0.25) is 10.0 Å². The molecule has 2 aromatic carbocycles. The third-order valence-corrected chi connectivity index (χ3v) is 5.22. The van der Waals surface area contributed by atoms with Crippen molar-refractivity contribution in [3.05, 3.63) is 74.5 Å². The Morgan fingerprint density at radius 3 is 2.68 bits per heavy atom. The summed E-state index contributed by atoms with van der Waals surface area (Å²) in [5.74, 6) is 1.47. The summed E-state index contributed by atoms with van der Waals surface area (Å²) >= 11 is 18.1. The van der Waals surface area contributed by atoms with Gasteiger partial charge in [-0.25, -0.2) is 10.2 Å². The topological polar surface area (TPSA) is 69.6 Å². The minimum absolute atomic E-state index is 0.535. The SMILES string of the molecule is COc1ccc(CN2NNN=C2c2c[nH]n(-c3cc(Cl)ccc3Cl)c2=S)cc1. The van der Waals surface area contributed by atoms with Crippen LogP contribution in [0.4, 0.5) is 0 Å². The number of hydrogen-bond donors (Lipinski definition) is 3. The van der Waals surface area contributed by atoms with Crippen molar-refractivity contribution < 1.29 is 4.74 Å². The molecule has 0 amide bonds. The van der Waals surface area contributed by atoms with E-state index in [2.05, 4.69) is 21.3 Å². The van der Waals surface area contributed by atoms with Crippen LogP contribution in [0.15, 0.2) is 53.8 Å². The number of hydrogen-bond acceptors (Lipinski definition) is 6. The lowest BCUT2D eigenvalue weighted by Gasteiger charge is -2.18. The molecule has 3 N–H and O–H groups in total. The second-order valence-electron chi connectivity index (χ2n) is 6.02. The number of ether oxygens (including phenoxy) is 1. The van der Waals surface area contributed by atoms with Crippen LogP contribution in [0.5, 0.6) is 5.75 Å². The standard InChI is InChI=1S/C18H16Cl2N6OS/c1-27-13-5-2-11(3-6-13)10-25-17(22-23-24-25)14-9-21-26(18(14)28)16-8-12(19)4-7-15(16)20/h2-9,21,23-24H,10H2,1H3. The highest BCUT2D eigenvalue weighted by Gasteiger charge is 2.22. The Labute approximate surface area is 176 Å². The number of rotatable bonds is 5. The van der Waals surface area contributed by atoms with Crippen LogP contribution in [0.3, 0.4) is 0 Å². The maximum Gasteiger partial charge on any atom is 0.177 e. The number of halogens is 2. The van der Waals surface area contributed by atoms with Crippen LogP contribution in [0.1, 0.15) is 11.1 Å². The van der Waals surface area contributed by atoms with Gasteiger partial charge in [-0.05, 0) is 35.9 Å². The lowest BCUT2D eigenvalue weighted by molar-refractivity contribution is 0.288. The molecule has 0 saturated carbocycles. The molecule has 1 aliphatic heterocycles. The number of aromatic nitrogens is 2. The normalized spacial score (nSPS) is 13.4. The van der Waals surface area contributed by atoms with E-state index in [1.807, 2.05) is 29.3 Å². The van der Waals surface area contributed by atoms with Gasteiger partial charge in [0.15, 0.2) is 5.84 Å². The smallest absolute Gasteiger partial charge is 0.177 e. The van der Waals surface area contributed by atoms with Crippen LogP contribution in [-0.2, 0) is 6.54 Å². The van der Waals surface area contributed by atoms with Crippen LogP contribution >= 0.6 is 35.4 Å². The Balaban J connectivity index is 1.62. The number of benzene rings is 2. The number of nitrogens with one attached hydrogen (secondary N) is 3. The van der Waals surface area contributed by atoms with Crippen molar-refractivity contribution in [1.82, 2.24) is 25.9 Å². The number of amidine groups is 1. The first-order valence-electron chi connectivity index (χ1n) is 8.32. The van der Waals surface area contributed by atoms with E-state index in [0.29, 0.717) is 32.8 Å². The van der Waals surface area contributed by atoms with Gasteiger partial charge in [-0.15, -0.1) is 10.6 Å². The zero-order chi connectivity index (χ0) is 19.7. The summed E-state index contributed by atoms with van der Waals surface area (Å²) in [6.45, 7) is 0.577. The third kappa shape index (κ3) is 3.59. The van der Waals surface area contributed by atoms with Gasteiger partial charge < -0.3 is 4.74 Å². The van der Waals surface area contributed by atoms with E-state index in [-0.39, 0.29) is 0 Å². The summed E-state index contributed by atoms with van der Waals surface area (Å²) in [6, 6.07) is 13.0. The molecule has 0 fully saturated rings. The van der Waals surface area contributed by atoms with Crippen LogP contribution in [0, 0.1) is 4.64 Å². The number of hydrazone groups is 1. The molecule has 28 heavy (non-hydrogen) atoms. The molecular weight excluding hydrogens is 419 g/mol. The Hall–Kier alpha value is -2.52. The lowest BCUT2D eigenvalue weighted by atomic mass is 10.2. The van der Waals surface area contributed by atoms with Gasteiger partial charge in [-0.2, -0.15) is 0 Å². The average molecular weight is 435 g/mol. The first kappa shape index (κ1) is 18.8. The summed E-state index contributed by atoms with van der Waals surface area (Å²) in [5, 5.41) is 10.4. The van der Waals surface area contributed by atoms with Crippen LogP contribution in [0.25, 0.3) is 5.69 Å². The molecule has 0 atom stereocenters. The molecule has 0 spiro atoms. The molecule has 0 saturated heterocycles. The summed E-state index contributed by atoms with van der Waals surface area (Å²) in [4.78, 5) is 0. The quantitative estimate of drug-likeness (QED) is 0.528. The van der Waals surface area contributed by atoms with E-state index in [1.165, 1.54) is 0 Å². The minimum atomic E-state index is 0.535. The maximum atomic E-state index is 6.31. The fourth-order valence-electron chi connectivity index (χ4n) is 2.85. The van der Waals surface area contributed by atoms with E-state index >= 15 is 0 Å². The predicted octanol–water partition coefficient (Wildman–Crippen LogP) is 4.04. The molecule has 7 nitrogen and oxygen atoms in total. The first-order valence-corrected chi connectivity index (χ1v) is 9.48. The van der Waals surface area contributed by atoms with E-state index in [9.17, 15) is 0 Å². The van der Waals surface area contributed by atoms with E-state index in [0.717, 1.165) is 16.9 Å². The second kappa shape index (κ2) is 7.84. The van der Waals surface area contributed by atoms with Crippen molar-refractivity contribution in [3.8, 4) is 11.4 Å². The van der Waals surface area contributed by atoms with Crippen LogP contribution < -0.4 is 15.8 Å². The molecule has 10 heteroatoms. The molecule has 0 aliphatic carbocycles. The average Bonchev–Trinajstić information content (AvgIpc) is 3.30. The van der Waals surface area contributed by atoms with Crippen LogP contribution in [-0.4, -0.2) is 27.7 Å². The van der Waals surface area contributed by atoms with Gasteiger partial charge in [0, 0.05) is 11.2 Å². The van der Waals surface area contributed by atoms with Gasteiger partial charge >= 0.3 is 0 Å². The van der Waals surface area contributed by atoms with E-state index in [4.69, 9.17) is 40.2 Å². The summed E-state index contributed by atoms with van der Waals surface area (Å²) in [6.07, 6.45) is 1.79.